The summed E-state index contributed by atoms with van der Waals surface area (Å²) in [5.74, 6) is 0.843. The molecule has 2 heterocycles. The molecule has 2 rings (SSSR count). The fraction of sp³-hybridized carbons (Fsp3) is 0.600. The van der Waals surface area contributed by atoms with Crippen molar-refractivity contribution in [2.75, 3.05) is 5.01 Å². The lowest BCUT2D eigenvalue weighted by Gasteiger charge is -2.14. The van der Waals surface area contributed by atoms with Crippen molar-refractivity contribution in [1.29, 1.82) is 0 Å². The predicted molar refractivity (Wildman–Crippen MR) is 79.7 cm³/mol. The van der Waals surface area contributed by atoms with Crippen LogP contribution in [0.15, 0.2) is 11.2 Å². The molecule has 1 aliphatic heterocycles. The monoisotopic (exact) mass is 274 g/mol. The molecule has 0 N–H and O–H groups in total. The molecule has 1 aromatic rings. The Morgan fingerprint density at radius 3 is 2.35 bits per heavy atom. The zero-order valence-corrected chi connectivity index (χ0v) is 12.8. The van der Waals surface area contributed by atoms with Gasteiger partial charge in [-0.15, -0.1) is 0 Å². The molecular weight excluding hydrogens is 252 g/mol. The van der Waals surface area contributed by atoms with Gasteiger partial charge < -0.3 is 0 Å². The molecule has 108 valence electrons. The van der Waals surface area contributed by atoms with Crippen molar-refractivity contribution in [2.45, 2.75) is 47.5 Å². The normalized spacial score (nSPS) is 18.9. The third-order valence-corrected chi connectivity index (χ3v) is 3.46. The Labute approximate surface area is 120 Å². The van der Waals surface area contributed by atoms with E-state index in [0.717, 1.165) is 29.9 Å². The topological polar surface area (TPSA) is 58.5 Å². The molecule has 0 radical (unpaired) electrons. The van der Waals surface area contributed by atoms with Crippen molar-refractivity contribution in [3.05, 3.63) is 17.5 Å². The van der Waals surface area contributed by atoms with E-state index in [1.54, 1.807) is 0 Å². The molecule has 1 atom stereocenters. The number of carbonyl (C=O) groups excluding carboxylic acids is 1. The third-order valence-electron chi connectivity index (χ3n) is 3.46. The minimum absolute atomic E-state index is 0.00634. The van der Waals surface area contributed by atoms with Crippen molar-refractivity contribution >= 4 is 17.6 Å². The van der Waals surface area contributed by atoms with Gasteiger partial charge in [0.2, 0.25) is 0 Å². The summed E-state index contributed by atoms with van der Waals surface area (Å²) in [5.41, 5.74) is 2.55. The molecule has 1 amide bonds. The van der Waals surface area contributed by atoms with Gasteiger partial charge in [-0.1, -0.05) is 13.8 Å². The summed E-state index contributed by atoms with van der Waals surface area (Å²) in [6.45, 7) is 10.0. The summed E-state index contributed by atoms with van der Waals surface area (Å²) >= 11 is 0. The molecule has 1 aliphatic rings. The fourth-order valence-electron chi connectivity index (χ4n) is 2.38. The minimum Gasteiger partial charge on any atom is -0.272 e. The van der Waals surface area contributed by atoms with Gasteiger partial charge in [0, 0.05) is 17.1 Å². The SMILES string of the molecule is CC1=NN(c2nc(C)cc(C)n2)C(=O)[C@H]1CCC(C)C. The molecule has 5 nitrogen and oxygen atoms in total. The predicted octanol–water partition coefficient (Wildman–Crippen LogP) is 2.87. The van der Waals surface area contributed by atoms with Crippen molar-refractivity contribution in [3.8, 4) is 0 Å². The number of anilines is 1. The molecule has 5 heteroatoms. The number of rotatable bonds is 4. The number of hydrogen-bond donors (Lipinski definition) is 0. The van der Waals surface area contributed by atoms with Gasteiger partial charge >= 0.3 is 0 Å². The van der Waals surface area contributed by atoms with Crippen molar-refractivity contribution in [1.82, 2.24) is 9.97 Å². The Bertz CT molecular complexity index is 531. The van der Waals surface area contributed by atoms with Gasteiger partial charge in [0.25, 0.3) is 11.9 Å². The average molecular weight is 274 g/mol. The van der Waals surface area contributed by atoms with Crippen LogP contribution >= 0.6 is 0 Å². The van der Waals surface area contributed by atoms with E-state index in [0.29, 0.717) is 11.9 Å². The van der Waals surface area contributed by atoms with Crippen LogP contribution in [-0.4, -0.2) is 21.6 Å². The number of aryl methyl sites for hydroxylation is 2. The highest BCUT2D eigenvalue weighted by Gasteiger charge is 2.35. The van der Waals surface area contributed by atoms with E-state index < -0.39 is 0 Å². The van der Waals surface area contributed by atoms with E-state index in [-0.39, 0.29) is 11.8 Å². The first-order valence-electron chi connectivity index (χ1n) is 7.10. The Kier molecular flexibility index (Phi) is 4.16. The van der Waals surface area contributed by atoms with E-state index in [2.05, 4.69) is 28.9 Å². The van der Waals surface area contributed by atoms with Crippen LogP contribution in [0.1, 0.15) is 45.0 Å². The van der Waals surface area contributed by atoms with Gasteiger partial charge in [-0.3, -0.25) is 4.79 Å². The van der Waals surface area contributed by atoms with E-state index >= 15 is 0 Å². The second kappa shape index (κ2) is 5.69. The summed E-state index contributed by atoms with van der Waals surface area (Å²) in [7, 11) is 0. The lowest BCUT2D eigenvalue weighted by Crippen LogP contribution is -2.28. The largest absolute Gasteiger partial charge is 0.272 e. The smallest absolute Gasteiger partial charge is 0.258 e. The maximum absolute atomic E-state index is 12.5. The van der Waals surface area contributed by atoms with E-state index in [1.165, 1.54) is 5.01 Å². The summed E-state index contributed by atoms with van der Waals surface area (Å²) in [6.07, 6.45) is 1.86. The highest BCUT2D eigenvalue weighted by Crippen LogP contribution is 2.25. The highest BCUT2D eigenvalue weighted by molar-refractivity contribution is 6.14. The van der Waals surface area contributed by atoms with Crippen molar-refractivity contribution < 1.29 is 4.79 Å². The zero-order chi connectivity index (χ0) is 14.9. The molecule has 0 spiro atoms. The maximum Gasteiger partial charge on any atom is 0.258 e. The molecule has 0 bridgehead atoms. The van der Waals surface area contributed by atoms with Crippen LogP contribution in [0, 0.1) is 25.7 Å². The first kappa shape index (κ1) is 14.6. The number of amides is 1. The standard InChI is InChI=1S/C15H22N4O/c1-9(2)6-7-13-12(5)18-19(14(13)20)15-16-10(3)8-11(4)17-15/h8-9,13H,6-7H2,1-5H3/t13-/m0/s1. The van der Waals surface area contributed by atoms with Crippen LogP contribution in [0.4, 0.5) is 5.95 Å². The third kappa shape index (κ3) is 3.03. The van der Waals surface area contributed by atoms with E-state index in [1.807, 2.05) is 26.8 Å². The highest BCUT2D eigenvalue weighted by atomic mass is 16.2. The minimum atomic E-state index is -0.123. The van der Waals surface area contributed by atoms with Crippen LogP contribution in [0.25, 0.3) is 0 Å². The Morgan fingerprint density at radius 1 is 1.20 bits per heavy atom. The summed E-state index contributed by atoms with van der Waals surface area (Å²) in [4.78, 5) is 21.1. The first-order chi connectivity index (χ1) is 9.38. The summed E-state index contributed by atoms with van der Waals surface area (Å²) in [6, 6.07) is 1.89. The van der Waals surface area contributed by atoms with Crippen LogP contribution < -0.4 is 5.01 Å². The summed E-state index contributed by atoms with van der Waals surface area (Å²) < 4.78 is 0. The van der Waals surface area contributed by atoms with Gasteiger partial charge in [0.1, 0.15) is 0 Å². The maximum atomic E-state index is 12.5. The molecule has 0 saturated heterocycles. The Balaban J connectivity index is 2.21. The lowest BCUT2D eigenvalue weighted by atomic mass is 9.94. The zero-order valence-electron chi connectivity index (χ0n) is 12.8. The van der Waals surface area contributed by atoms with E-state index in [9.17, 15) is 4.79 Å². The molecule has 0 unspecified atom stereocenters. The fourth-order valence-corrected chi connectivity index (χ4v) is 2.38. The van der Waals surface area contributed by atoms with Crippen LogP contribution in [0.5, 0.6) is 0 Å². The Hall–Kier alpha value is -1.78. The second-order valence-electron chi connectivity index (χ2n) is 5.87. The van der Waals surface area contributed by atoms with Crippen LogP contribution in [-0.2, 0) is 4.79 Å². The molecule has 0 fully saturated rings. The second-order valence-corrected chi connectivity index (χ2v) is 5.87. The van der Waals surface area contributed by atoms with E-state index in [4.69, 9.17) is 0 Å². The van der Waals surface area contributed by atoms with Crippen molar-refractivity contribution in [2.24, 2.45) is 16.9 Å². The molecular formula is C15H22N4O. The average Bonchev–Trinajstić information content (AvgIpc) is 2.61. The molecule has 1 aromatic heterocycles. The number of hydrazone groups is 1. The van der Waals surface area contributed by atoms with Gasteiger partial charge in [0.15, 0.2) is 0 Å². The van der Waals surface area contributed by atoms with Crippen molar-refractivity contribution in [3.63, 3.8) is 0 Å². The quantitative estimate of drug-likeness (QED) is 0.848. The molecule has 0 saturated carbocycles. The summed E-state index contributed by atoms with van der Waals surface area (Å²) in [5, 5.41) is 5.72. The Morgan fingerprint density at radius 2 is 1.80 bits per heavy atom. The molecule has 0 aliphatic carbocycles. The van der Waals surface area contributed by atoms with Gasteiger partial charge in [0.05, 0.1) is 5.92 Å². The molecule has 0 aromatic carbocycles. The first-order valence-corrected chi connectivity index (χ1v) is 7.10. The molecule has 20 heavy (non-hydrogen) atoms. The van der Waals surface area contributed by atoms with Crippen LogP contribution in [0.3, 0.4) is 0 Å². The number of carbonyl (C=O) groups is 1. The van der Waals surface area contributed by atoms with Gasteiger partial charge in [-0.25, -0.2) is 9.97 Å². The lowest BCUT2D eigenvalue weighted by molar-refractivity contribution is -0.120. The number of nitrogens with zero attached hydrogens (tertiary/aromatic N) is 4. The number of aromatic nitrogens is 2. The van der Waals surface area contributed by atoms with Gasteiger partial charge in [-0.2, -0.15) is 10.1 Å². The van der Waals surface area contributed by atoms with Gasteiger partial charge in [-0.05, 0) is 45.6 Å². The van der Waals surface area contributed by atoms with Crippen LogP contribution in [0.2, 0.25) is 0 Å². The number of hydrogen-bond acceptors (Lipinski definition) is 4.